The van der Waals surface area contributed by atoms with Crippen molar-refractivity contribution in [2.24, 2.45) is 0 Å². The fourth-order valence-electron chi connectivity index (χ4n) is 4.79. The van der Waals surface area contributed by atoms with Gasteiger partial charge in [0.25, 0.3) is 5.91 Å². The van der Waals surface area contributed by atoms with Gasteiger partial charge in [-0.05, 0) is 54.8 Å². The van der Waals surface area contributed by atoms with Crippen LogP contribution in [0.15, 0.2) is 42.5 Å². The molecule has 0 saturated carbocycles. The number of benzene rings is 2. The second-order valence-electron chi connectivity index (χ2n) is 10.3. The zero-order valence-corrected chi connectivity index (χ0v) is 21.9. The van der Waals surface area contributed by atoms with E-state index in [-0.39, 0.29) is 5.56 Å². The van der Waals surface area contributed by atoms with Gasteiger partial charge < -0.3 is 60.4 Å². The van der Waals surface area contributed by atoms with Crippen LogP contribution in [0.1, 0.15) is 22.8 Å². The molecule has 2 aliphatic heterocycles. The van der Waals surface area contributed by atoms with Crippen molar-refractivity contribution in [1.29, 1.82) is 0 Å². The highest BCUT2D eigenvalue weighted by atomic mass is 16.7. The Hall–Kier alpha value is -2.69. The Labute approximate surface area is 229 Å². The molecule has 0 spiro atoms. The molecule has 2 saturated heterocycles. The molecule has 0 bridgehead atoms. The maximum atomic E-state index is 13.0. The van der Waals surface area contributed by atoms with Gasteiger partial charge in [0.05, 0.1) is 19.3 Å². The zero-order valence-electron chi connectivity index (χ0n) is 21.9. The van der Waals surface area contributed by atoms with Crippen LogP contribution in [0.5, 0.6) is 5.75 Å². The summed E-state index contributed by atoms with van der Waals surface area (Å²) < 4.78 is 16.3. The number of amides is 1. The molecule has 9 N–H and O–H groups in total. The smallest absolute Gasteiger partial charge is 0.251 e. The first-order chi connectivity index (χ1) is 18.9. The zero-order chi connectivity index (χ0) is 29.4. The van der Waals surface area contributed by atoms with Gasteiger partial charge in [0.2, 0.25) is 6.29 Å². The molecule has 1 unspecified atom stereocenters. The lowest BCUT2D eigenvalue weighted by Crippen LogP contribution is -2.66. The molecule has 2 aliphatic rings. The summed E-state index contributed by atoms with van der Waals surface area (Å²) in [5.41, 5.74) is 0.178. The fraction of sp³-hybridized carbons (Fsp3) is 0.519. The third-order valence-electron chi connectivity index (χ3n) is 7.33. The van der Waals surface area contributed by atoms with E-state index in [1.54, 1.807) is 43.3 Å². The first kappa shape index (κ1) is 30.3. The Morgan fingerprint density at radius 1 is 0.925 bits per heavy atom. The summed E-state index contributed by atoms with van der Waals surface area (Å²) in [6.45, 7) is 1.77. The number of aliphatic hydroxyl groups excluding tert-OH is 7. The molecule has 10 atom stereocenters. The number of aryl methyl sites for hydroxylation is 1. The highest BCUT2D eigenvalue weighted by Gasteiger charge is 2.53. The van der Waals surface area contributed by atoms with Crippen LogP contribution in [0.3, 0.4) is 0 Å². The van der Waals surface area contributed by atoms with Crippen LogP contribution in [-0.4, -0.2) is 121 Å². The van der Waals surface area contributed by atoms with Gasteiger partial charge >= 0.3 is 0 Å². The predicted molar refractivity (Wildman–Crippen MR) is 137 cm³/mol. The first-order valence-corrected chi connectivity index (χ1v) is 12.7. The van der Waals surface area contributed by atoms with E-state index in [2.05, 4.69) is 5.32 Å². The largest absolute Gasteiger partial charge is 0.461 e. The number of rotatable bonds is 7. The lowest BCUT2D eigenvalue weighted by molar-refractivity contribution is -0.314. The Morgan fingerprint density at radius 3 is 2.23 bits per heavy atom. The number of carbonyl (C=O) groups excluding carboxylic acids is 1. The standard InChI is InChI=1S/C27H35NO12/c1-12-8-14(6-7-16(12)39-26-27(2,37)23(34)21(32)18(11-30)40-26)13-4-3-5-15(9-13)24(35)28-19-20(31)17(10-29)38-25(36)22(19)33/h3-9,17-23,25-26,29-34,36-37H,10-11H2,1-2H3,(H,28,35)/t17-,18-,19+,20-,21-,22-,23+,25?,26+,27+/m1/s1. The average molecular weight is 566 g/mol. The second-order valence-corrected chi connectivity index (χ2v) is 10.3. The van der Waals surface area contributed by atoms with Crippen molar-refractivity contribution < 1.29 is 59.9 Å². The van der Waals surface area contributed by atoms with Gasteiger partial charge in [0, 0.05) is 5.56 Å². The van der Waals surface area contributed by atoms with Crippen LogP contribution < -0.4 is 10.1 Å². The monoisotopic (exact) mass is 565 g/mol. The van der Waals surface area contributed by atoms with Gasteiger partial charge in [-0.15, -0.1) is 0 Å². The second kappa shape index (κ2) is 12.0. The molecular formula is C27H35NO12. The number of carbonyl (C=O) groups is 1. The lowest BCUT2D eigenvalue weighted by atomic mass is 9.88. The molecule has 40 heavy (non-hydrogen) atoms. The Morgan fingerprint density at radius 2 is 1.57 bits per heavy atom. The maximum Gasteiger partial charge on any atom is 0.251 e. The van der Waals surface area contributed by atoms with Crippen molar-refractivity contribution in [3.8, 4) is 16.9 Å². The summed E-state index contributed by atoms with van der Waals surface area (Å²) >= 11 is 0. The minimum absolute atomic E-state index is 0.200. The number of hydrogen-bond donors (Lipinski definition) is 9. The molecule has 13 nitrogen and oxygen atoms in total. The van der Waals surface area contributed by atoms with E-state index in [1.165, 1.54) is 13.0 Å². The molecule has 220 valence electrons. The van der Waals surface area contributed by atoms with E-state index in [4.69, 9.17) is 14.2 Å². The summed E-state index contributed by atoms with van der Waals surface area (Å²) in [5.74, 6) is -0.328. The maximum absolute atomic E-state index is 13.0. The van der Waals surface area contributed by atoms with Crippen LogP contribution in [-0.2, 0) is 9.47 Å². The third-order valence-corrected chi connectivity index (χ3v) is 7.33. The van der Waals surface area contributed by atoms with Crippen molar-refractivity contribution in [1.82, 2.24) is 5.32 Å². The van der Waals surface area contributed by atoms with Crippen LogP contribution >= 0.6 is 0 Å². The average Bonchev–Trinajstić information content (AvgIpc) is 2.94. The molecular weight excluding hydrogens is 530 g/mol. The van der Waals surface area contributed by atoms with Gasteiger partial charge in [0.15, 0.2) is 11.9 Å². The Kier molecular flexibility index (Phi) is 9.11. The van der Waals surface area contributed by atoms with Crippen LogP contribution in [0.25, 0.3) is 11.1 Å². The summed E-state index contributed by atoms with van der Waals surface area (Å²) in [5, 5.41) is 82.8. The van der Waals surface area contributed by atoms with Gasteiger partial charge in [0.1, 0.15) is 42.4 Å². The quantitative estimate of drug-likeness (QED) is 0.174. The first-order valence-electron chi connectivity index (χ1n) is 12.7. The van der Waals surface area contributed by atoms with Crippen LogP contribution in [0.2, 0.25) is 0 Å². The van der Waals surface area contributed by atoms with Gasteiger partial charge in [-0.3, -0.25) is 4.79 Å². The predicted octanol–water partition coefficient (Wildman–Crippen LogP) is -2.24. The lowest BCUT2D eigenvalue weighted by Gasteiger charge is -2.45. The minimum atomic E-state index is -1.98. The molecule has 1 amide bonds. The Balaban J connectivity index is 1.50. The molecule has 2 heterocycles. The van der Waals surface area contributed by atoms with Gasteiger partial charge in [-0.1, -0.05) is 18.2 Å². The molecule has 2 aromatic carbocycles. The van der Waals surface area contributed by atoms with Crippen molar-refractivity contribution in [3.63, 3.8) is 0 Å². The SMILES string of the molecule is Cc1cc(-c2cccc(C(=O)N[C@H]3[C@H](O)[C@@H](CO)OC(O)[C@@H]3O)c2)ccc1O[C@H]1O[C@H](CO)[C@@H](O)[C@H](O)[C@]1(C)O. The van der Waals surface area contributed by atoms with E-state index < -0.39 is 80.0 Å². The van der Waals surface area contributed by atoms with E-state index in [0.29, 0.717) is 22.4 Å². The summed E-state index contributed by atoms with van der Waals surface area (Å²) in [7, 11) is 0. The van der Waals surface area contributed by atoms with Crippen molar-refractivity contribution in [3.05, 3.63) is 53.6 Å². The highest BCUT2D eigenvalue weighted by Crippen LogP contribution is 2.34. The fourth-order valence-corrected chi connectivity index (χ4v) is 4.79. The van der Waals surface area contributed by atoms with Crippen molar-refractivity contribution in [2.75, 3.05) is 13.2 Å². The van der Waals surface area contributed by atoms with Gasteiger partial charge in [-0.25, -0.2) is 0 Å². The highest BCUT2D eigenvalue weighted by molar-refractivity contribution is 5.95. The minimum Gasteiger partial charge on any atom is -0.461 e. The summed E-state index contributed by atoms with van der Waals surface area (Å²) in [6, 6.07) is 10.3. The van der Waals surface area contributed by atoms with Crippen LogP contribution in [0.4, 0.5) is 0 Å². The summed E-state index contributed by atoms with van der Waals surface area (Å²) in [6.07, 6.45) is -11.7. The molecule has 2 fully saturated rings. The number of hydrogen-bond acceptors (Lipinski definition) is 12. The summed E-state index contributed by atoms with van der Waals surface area (Å²) in [4.78, 5) is 13.0. The molecule has 2 aromatic rings. The van der Waals surface area contributed by atoms with Crippen LogP contribution in [0, 0.1) is 6.92 Å². The van der Waals surface area contributed by atoms with E-state index in [0.717, 1.165) is 0 Å². The molecule has 0 radical (unpaired) electrons. The van der Waals surface area contributed by atoms with E-state index in [1.807, 2.05) is 0 Å². The molecule has 0 aliphatic carbocycles. The third kappa shape index (κ3) is 5.85. The number of nitrogens with one attached hydrogen (secondary N) is 1. The molecule has 0 aromatic heterocycles. The van der Waals surface area contributed by atoms with Crippen molar-refractivity contribution >= 4 is 5.91 Å². The Bertz CT molecular complexity index is 1190. The number of ether oxygens (including phenoxy) is 3. The molecule has 13 heteroatoms. The van der Waals surface area contributed by atoms with E-state index >= 15 is 0 Å². The normalized spacial score (nSPS) is 36.2. The topological polar surface area (TPSA) is 219 Å². The van der Waals surface area contributed by atoms with Crippen molar-refractivity contribution in [2.45, 2.75) is 74.7 Å². The number of aliphatic hydroxyl groups is 8. The molecule has 4 rings (SSSR count). The van der Waals surface area contributed by atoms with Gasteiger partial charge in [-0.2, -0.15) is 0 Å². The van der Waals surface area contributed by atoms with E-state index in [9.17, 15) is 45.6 Å².